The highest BCUT2D eigenvalue weighted by Gasteiger charge is 2.22. The minimum Gasteiger partial charge on any atom is -0.326 e. The molecule has 0 fully saturated rings. The van der Waals surface area contributed by atoms with Gasteiger partial charge in [0.2, 0.25) is 0 Å². The molecule has 8 heteroatoms. The molecule has 1 aromatic carbocycles. The fourth-order valence-corrected chi connectivity index (χ4v) is 4.94. The van der Waals surface area contributed by atoms with Crippen molar-refractivity contribution >= 4 is 54.6 Å². The lowest BCUT2D eigenvalue weighted by Crippen LogP contribution is -2.15. The maximum absolute atomic E-state index is 12.4. The van der Waals surface area contributed by atoms with Gasteiger partial charge in [-0.1, -0.05) is 11.6 Å². The number of anilines is 1. The maximum Gasteiger partial charge on any atom is 0.263 e. The Labute approximate surface area is 135 Å². The number of halogens is 2. The van der Waals surface area contributed by atoms with Crippen LogP contribution in [-0.4, -0.2) is 8.42 Å². The Morgan fingerprint density at radius 1 is 1.45 bits per heavy atom. The second kappa shape index (κ2) is 6.03. The van der Waals surface area contributed by atoms with E-state index < -0.39 is 10.0 Å². The maximum atomic E-state index is 12.4. The molecule has 0 aliphatic rings. The lowest BCUT2D eigenvalue weighted by molar-refractivity contribution is 0.600. The van der Waals surface area contributed by atoms with Gasteiger partial charge < -0.3 is 5.73 Å². The molecule has 3 N–H and O–H groups in total. The smallest absolute Gasteiger partial charge is 0.263 e. The van der Waals surface area contributed by atoms with Gasteiger partial charge in [0.15, 0.2) is 0 Å². The summed E-state index contributed by atoms with van der Waals surface area (Å²) in [5, 5.41) is 2.22. The van der Waals surface area contributed by atoms with Gasteiger partial charge in [-0.25, -0.2) is 8.42 Å². The van der Waals surface area contributed by atoms with E-state index in [2.05, 4.69) is 20.7 Å². The minimum absolute atomic E-state index is 0.190. The Bertz CT molecular complexity index is 744. The fraction of sp³-hybridized carbons (Fsp3) is 0.167. The number of aryl methyl sites for hydroxylation is 1. The van der Waals surface area contributed by atoms with Crippen LogP contribution >= 0.6 is 38.9 Å². The summed E-state index contributed by atoms with van der Waals surface area (Å²) in [5.74, 6) is 0. The van der Waals surface area contributed by atoms with Crippen LogP contribution in [0.1, 0.15) is 10.4 Å². The fourth-order valence-electron chi connectivity index (χ4n) is 1.75. The lowest BCUT2D eigenvalue weighted by Gasteiger charge is -2.10. The van der Waals surface area contributed by atoms with E-state index in [9.17, 15) is 8.42 Å². The van der Waals surface area contributed by atoms with E-state index in [-0.39, 0.29) is 11.4 Å². The summed E-state index contributed by atoms with van der Waals surface area (Å²) < 4.78 is 28.1. The molecule has 0 saturated carbocycles. The molecule has 2 rings (SSSR count). The highest BCUT2D eigenvalue weighted by Crippen LogP contribution is 2.30. The Hall–Kier alpha value is -0.600. The Balaban J connectivity index is 2.40. The number of nitrogens with two attached hydrogens (primary N) is 1. The molecule has 0 bridgehead atoms. The van der Waals surface area contributed by atoms with Crippen LogP contribution in [0.5, 0.6) is 0 Å². The Morgan fingerprint density at radius 3 is 2.75 bits per heavy atom. The van der Waals surface area contributed by atoms with Gasteiger partial charge in [-0.2, -0.15) is 0 Å². The Morgan fingerprint density at radius 2 is 2.15 bits per heavy atom. The topological polar surface area (TPSA) is 72.2 Å². The largest absolute Gasteiger partial charge is 0.326 e. The van der Waals surface area contributed by atoms with Crippen molar-refractivity contribution in [2.45, 2.75) is 18.4 Å². The number of nitrogens with one attached hydrogen (secondary N) is 1. The molecule has 1 aromatic heterocycles. The van der Waals surface area contributed by atoms with Gasteiger partial charge >= 0.3 is 0 Å². The molecule has 0 radical (unpaired) electrons. The SMILES string of the molecule is Cc1csc(CN)c1S(=O)(=O)Nc1ccc(Br)c(Cl)c1. The van der Waals surface area contributed by atoms with Gasteiger partial charge in [0.1, 0.15) is 4.90 Å². The van der Waals surface area contributed by atoms with Crippen LogP contribution in [0.15, 0.2) is 32.9 Å². The van der Waals surface area contributed by atoms with Crippen molar-refractivity contribution < 1.29 is 8.42 Å². The quantitative estimate of drug-likeness (QED) is 0.828. The van der Waals surface area contributed by atoms with E-state index in [4.69, 9.17) is 17.3 Å². The number of benzene rings is 1. The summed E-state index contributed by atoms with van der Waals surface area (Å²) in [7, 11) is -3.67. The van der Waals surface area contributed by atoms with Crippen LogP contribution in [0, 0.1) is 6.92 Å². The van der Waals surface area contributed by atoms with Crippen molar-refractivity contribution in [3.05, 3.63) is 43.5 Å². The van der Waals surface area contributed by atoms with E-state index >= 15 is 0 Å². The Kier molecular flexibility index (Phi) is 4.76. The van der Waals surface area contributed by atoms with Crippen LogP contribution < -0.4 is 10.5 Å². The predicted molar refractivity (Wildman–Crippen MR) is 86.9 cm³/mol. The molecule has 20 heavy (non-hydrogen) atoms. The first kappa shape index (κ1) is 15.8. The lowest BCUT2D eigenvalue weighted by atomic mass is 10.3. The highest BCUT2D eigenvalue weighted by molar-refractivity contribution is 9.10. The molecule has 2 aromatic rings. The van der Waals surface area contributed by atoms with Crippen molar-refractivity contribution in [3.8, 4) is 0 Å². The second-order valence-electron chi connectivity index (χ2n) is 4.11. The average Bonchev–Trinajstić information content (AvgIpc) is 2.75. The average molecular weight is 396 g/mol. The van der Waals surface area contributed by atoms with Gasteiger partial charge in [-0.05, 0) is 52.0 Å². The monoisotopic (exact) mass is 394 g/mol. The third-order valence-electron chi connectivity index (χ3n) is 2.62. The summed E-state index contributed by atoms with van der Waals surface area (Å²) in [6.07, 6.45) is 0. The third-order valence-corrected chi connectivity index (χ3v) is 6.71. The summed E-state index contributed by atoms with van der Waals surface area (Å²) >= 11 is 10.6. The molecule has 0 unspecified atom stereocenters. The zero-order valence-electron chi connectivity index (χ0n) is 10.5. The summed E-state index contributed by atoms with van der Waals surface area (Å²) in [5.41, 5.74) is 6.68. The molecule has 0 saturated heterocycles. The zero-order valence-corrected chi connectivity index (χ0v) is 14.5. The molecule has 1 heterocycles. The normalized spacial score (nSPS) is 11.6. The van der Waals surface area contributed by atoms with Gasteiger partial charge in [0.05, 0.1) is 10.7 Å². The first-order valence-electron chi connectivity index (χ1n) is 5.60. The standard InChI is InChI=1S/C12H12BrClN2O2S2/c1-7-6-19-11(5-15)12(7)20(17,18)16-8-2-3-9(13)10(14)4-8/h2-4,6,16H,5,15H2,1H3. The molecule has 0 aliphatic heterocycles. The summed E-state index contributed by atoms with van der Waals surface area (Å²) in [6.45, 7) is 1.94. The molecule has 0 amide bonds. The van der Waals surface area contributed by atoms with Crippen molar-refractivity contribution in [2.75, 3.05) is 4.72 Å². The number of hydrogen-bond acceptors (Lipinski definition) is 4. The molecular formula is C12H12BrClN2O2S2. The van der Waals surface area contributed by atoms with E-state index in [1.807, 2.05) is 0 Å². The van der Waals surface area contributed by atoms with E-state index in [1.165, 1.54) is 11.3 Å². The molecular weight excluding hydrogens is 384 g/mol. The van der Waals surface area contributed by atoms with Crippen LogP contribution in [0.25, 0.3) is 0 Å². The van der Waals surface area contributed by atoms with Gasteiger partial charge in [-0.3, -0.25) is 4.72 Å². The zero-order chi connectivity index (χ0) is 14.9. The van der Waals surface area contributed by atoms with Crippen LogP contribution in [0.2, 0.25) is 5.02 Å². The number of sulfonamides is 1. The van der Waals surface area contributed by atoms with Gasteiger partial charge in [-0.15, -0.1) is 11.3 Å². The minimum atomic E-state index is -3.67. The third kappa shape index (κ3) is 3.17. The van der Waals surface area contributed by atoms with Crippen molar-refractivity contribution in [3.63, 3.8) is 0 Å². The van der Waals surface area contributed by atoms with Gasteiger partial charge in [0.25, 0.3) is 10.0 Å². The second-order valence-corrected chi connectivity index (χ2v) is 7.95. The van der Waals surface area contributed by atoms with E-state index in [0.29, 0.717) is 25.6 Å². The first-order chi connectivity index (χ1) is 9.35. The van der Waals surface area contributed by atoms with E-state index in [0.717, 1.165) is 0 Å². The summed E-state index contributed by atoms with van der Waals surface area (Å²) in [4.78, 5) is 0.891. The van der Waals surface area contributed by atoms with Crippen LogP contribution in [0.3, 0.4) is 0 Å². The van der Waals surface area contributed by atoms with Crippen LogP contribution in [-0.2, 0) is 16.6 Å². The predicted octanol–water partition coefficient (Wildman–Crippen LogP) is 3.73. The number of rotatable bonds is 4. The molecule has 0 aliphatic carbocycles. The number of thiophene rings is 1. The number of hydrogen-bond donors (Lipinski definition) is 2. The molecule has 0 spiro atoms. The highest BCUT2D eigenvalue weighted by atomic mass is 79.9. The van der Waals surface area contributed by atoms with Crippen molar-refractivity contribution in [1.82, 2.24) is 0 Å². The van der Waals surface area contributed by atoms with E-state index in [1.54, 1.807) is 30.5 Å². The molecule has 0 atom stereocenters. The van der Waals surface area contributed by atoms with Crippen LogP contribution in [0.4, 0.5) is 5.69 Å². The van der Waals surface area contributed by atoms with Crippen molar-refractivity contribution in [2.24, 2.45) is 5.73 Å². The van der Waals surface area contributed by atoms with Crippen molar-refractivity contribution in [1.29, 1.82) is 0 Å². The molecule has 4 nitrogen and oxygen atoms in total. The summed E-state index contributed by atoms with van der Waals surface area (Å²) in [6, 6.07) is 4.87. The molecule has 108 valence electrons. The first-order valence-corrected chi connectivity index (χ1v) is 9.13. The van der Waals surface area contributed by atoms with Gasteiger partial charge in [0, 0.05) is 15.9 Å².